The largest absolute Gasteiger partial charge is 0.497 e. The summed E-state index contributed by atoms with van der Waals surface area (Å²) in [4.78, 5) is 12.4. The maximum Gasteiger partial charge on any atom is 0.231 e. The van der Waals surface area contributed by atoms with E-state index in [1.807, 2.05) is 49.4 Å². The molecule has 1 aliphatic heterocycles. The van der Waals surface area contributed by atoms with Gasteiger partial charge in [-0.25, -0.2) is 4.68 Å². The number of fused-ring (bicyclic) bond motifs is 1. The van der Waals surface area contributed by atoms with Crippen molar-refractivity contribution >= 4 is 17.7 Å². The Hall–Kier alpha value is -3.27. The highest BCUT2D eigenvalue weighted by Gasteiger charge is 2.17. The van der Waals surface area contributed by atoms with Crippen molar-refractivity contribution < 1.29 is 19.0 Å². The van der Waals surface area contributed by atoms with Crippen LogP contribution in [0.4, 0.5) is 0 Å². The van der Waals surface area contributed by atoms with Crippen LogP contribution in [0.2, 0.25) is 0 Å². The van der Waals surface area contributed by atoms with Gasteiger partial charge in [0.25, 0.3) is 0 Å². The number of tetrazole rings is 1. The van der Waals surface area contributed by atoms with Crippen LogP contribution in [0.5, 0.6) is 17.2 Å². The molecule has 0 bridgehead atoms. The van der Waals surface area contributed by atoms with Gasteiger partial charge in [0.2, 0.25) is 17.9 Å². The fourth-order valence-electron chi connectivity index (χ4n) is 2.98. The third-order valence-corrected chi connectivity index (χ3v) is 5.55. The van der Waals surface area contributed by atoms with E-state index in [0.29, 0.717) is 17.5 Å². The van der Waals surface area contributed by atoms with Gasteiger partial charge in [0.1, 0.15) is 5.75 Å². The molecule has 1 aliphatic rings. The number of carbonyl (C=O) groups excluding carboxylic acids is 1. The highest BCUT2D eigenvalue weighted by atomic mass is 32.2. The van der Waals surface area contributed by atoms with E-state index >= 15 is 0 Å². The van der Waals surface area contributed by atoms with Crippen molar-refractivity contribution in [3.63, 3.8) is 0 Å². The van der Waals surface area contributed by atoms with Crippen LogP contribution in [0.3, 0.4) is 0 Å². The molecule has 1 unspecified atom stereocenters. The summed E-state index contributed by atoms with van der Waals surface area (Å²) in [6.07, 6.45) is 0. The molecule has 2 aromatic carbocycles. The summed E-state index contributed by atoms with van der Waals surface area (Å²) in [5, 5.41) is 15.3. The predicted molar refractivity (Wildman–Crippen MR) is 110 cm³/mol. The zero-order valence-electron chi connectivity index (χ0n) is 16.6. The Balaban J connectivity index is 1.31. The van der Waals surface area contributed by atoms with Crippen molar-refractivity contribution in [2.45, 2.75) is 24.7 Å². The number of thioether (sulfide) groups is 1. The predicted octanol–water partition coefficient (Wildman–Crippen LogP) is 2.43. The minimum absolute atomic E-state index is 0.107. The summed E-state index contributed by atoms with van der Waals surface area (Å²) in [6.45, 7) is 2.66. The fraction of sp³-hybridized carbons (Fsp3) is 0.300. The molecule has 1 amide bonds. The Morgan fingerprint density at radius 3 is 2.83 bits per heavy atom. The molecule has 1 atom stereocenters. The third kappa shape index (κ3) is 4.65. The average molecular weight is 427 g/mol. The van der Waals surface area contributed by atoms with Crippen LogP contribution >= 0.6 is 11.8 Å². The number of benzene rings is 2. The zero-order chi connectivity index (χ0) is 20.9. The molecule has 3 aromatic rings. The van der Waals surface area contributed by atoms with E-state index in [9.17, 15) is 4.79 Å². The molecular weight excluding hydrogens is 406 g/mol. The van der Waals surface area contributed by atoms with E-state index in [1.54, 1.807) is 11.8 Å². The van der Waals surface area contributed by atoms with Crippen molar-refractivity contribution in [2.24, 2.45) is 0 Å². The molecular formula is C20H21N5O4S. The van der Waals surface area contributed by atoms with Gasteiger partial charge in [-0.1, -0.05) is 30.0 Å². The number of nitrogens with one attached hydrogen (secondary N) is 1. The molecule has 0 saturated carbocycles. The minimum Gasteiger partial charge on any atom is -0.497 e. The Labute approximate surface area is 177 Å². The van der Waals surface area contributed by atoms with Crippen LogP contribution in [-0.2, 0) is 11.3 Å². The van der Waals surface area contributed by atoms with Gasteiger partial charge in [-0.05, 0) is 52.7 Å². The van der Waals surface area contributed by atoms with Gasteiger partial charge in [0, 0.05) is 0 Å². The van der Waals surface area contributed by atoms with Crippen molar-refractivity contribution in [2.75, 3.05) is 19.7 Å². The highest BCUT2D eigenvalue weighted by Crippen LogP contribution is 2.34. The summed E-state index contributed by atoms with van der Waals surface area (Å²) in [5.74, 6) is 2.30. The number of hydrogen-bond acceptors (Lipinski definition) is 8. The fourth-order valence-corrected chi connectivity index (χ4v) is 3.67. The number of hydrogen-bond donors (Lipinski definition) is 1. The van der Waals surface area contributed by atoms with Crippen LogP contribution in [-0.4, -0.2) is 45.8 Å². The monoisotopic (exact) mass is 427 g/mol. The van der Waals surface area contributed by atoms with Crippen LogP contribution < -0.4 is 19.5 Å². The topological polar surface area (TPSA) is 100 Å². The second kappa shape index (κ2) is 9.04. The van der Waals surface area contributed by atoms with E-state index in [2.05, 4.69) is 20.8 Å². The summed E-state index contributed by atoms with van der Waals surface area (Å²) in [7, 11) is 1.63. The Morgan fingerprint density at radius 2 is 2.03 bits per heavy atom. The third-order valence-electron chi connectivity index (χ3n) is 4.60. The molecule has 2 heterocycles. The van der Waals surface area contributed by atoms with Gasteiger partial charge in [-0.2, -0.15) is 0 Å². The second-order valence-corrected chi connectivity index (χ2v) is 7.60. The lowest BCUT2D eigenvalue weighted by atomic mass is 10.1. The van der Waals surface area contributed by atoms with Gasteiger partial charge in [-0.3, -0.25) is 4.79 Å². The van der Waals surface area contributed by atoms with E-state index in [4.69, 9.17) is 14.2 Å². The first-order chi connectivity index (χ1) is 14.6. The number of rotatable bonds is 8. The molecule has 156 valence electrons. The SMILES string of the molecule is COc1ccc(Cn2nnnc2SCC(=O)NC(C)c2ccc3c(c2)OCO3)cc1. The maximum atomic E-state index is 12.4. The molecule has 1 aromatic heterocycles. The molecule has 9 nitrogen and oxygen atoms in total. The first-order valence-corrected chi connectivity index (χ1v) is 10.3. The number of carbonyl (C=O) groups is 1. The van der Waals surface area contributed by atoms with E-state index < -0.39 is 0 Å². The smallest absolute Gasteiger partial charge is 0.231 e. The number of amides is 1. The summed E-state index contributed by atoms with van der Waals surface area (Å²) < 4.78 is 17.6. The zero-order valence-corrected chi connectivity index (χ0v) is 17.4. The van der Waals surface area contributed by atoms with Gasteiger partial charge in [0.05, 0.1) is 25.4 Å². The van der Waals surface area contributed by atoms with E-state index in [0.717, 1.165) is 22.6 Å². The molecule has 0 radical (unpaired) electrons. The first-order valence-electron chi connectivity index (χ1n) is 9.33. The van der Waals surface area contributed by atoms with Crippen molar-refractivity contribution in [3.8, 4) is 17.2 Å². The number of nitrogens with zero attached hydrogens (tertiary/aromatic N) is 4. The van der Waals surface area contributed by atoms with Crippen molar-refractivity contribution in [1.82, 2.24) is 25.5 Å². The normalized spacial score (nSPS) is 13.1. The lowest BCUT2D eigenvalue weighted by Gasteiger charge is -2.14. The molecule has 1 N–H and O–H groups in total. The standard InChI is InChI=1S/C20H21N5O4S/c1-13(15-5-8-17-18(9-15)29-12-28-17)21-19(26)11-30-20-22-23-24-25(20)10-14-3-6-16(27-2)7-4-14/h3-9,13H,10-12H2,1-2H3,(H,21,26). The maximum absolute atomic E-state index is 12.4. The Morgan fingerprint density at radius 1 is 1.23 bits per heavy atom. The Kier molecular flexibility index (Phi) is 6.03. The molecule has 0 fully saturated rings. The summed E-state index contributed by atoms with van der Waals surface area (Å²) >= 11 is 1.29. The lowest BCUT2D eigenvalue weighted by molar-refractivity contribution is -0.119. The average Bonchev–Trinajstić information content (AvgIpc) is 3.41. The molecule has 0 aliphatic carbocycles. The van der Waals surface area contributed by atoms with Gasteiger partial charge in [0.15, 0.2) is 11.5 Å². The molecule has 10 heteroatoms. The number of aromatic nitrogens is 4. The number of methoxy groups -OCH3 is 1. The highest BCUT2D eigenvalue weighted by molar-refractivity contribution is 7.99. The summed E-state index contributed by atoms with van der Waals surface area (Å²) in [5.41, 5.74) is 1.98. The van der Waals surface area contributed by atoms with Crippen molar-refractivity contribution in [3.05, 3.63) is 53.6 Å². The van der Waals surface area contributed by atoms with Crippen molar-refractivity contribution in [1.29, 1.82) is 0 Å². The summed E-state index contributed by atoms with van der Waals surface area (Å²) in [6, 6.07) is 13.2. The minimum atomic E-state index is -0.164. The van der Waals surface area contributed by atoms with E-state index in [-0.39, 0.29) is 24.5 Å². The van der Waals surface area contributed by atoms with Crippen LogP contribution in [0.1, 0.15) is 24.1 Å². The van der Waals surface area contributed by atoms with Crippen LogP contribution in [0.25, 0.3) is 0 Å². The van der Waals surface area contributed by atoms with Gasteiger partial charge < -0.3 is 19.5 Å². The molecule has 0 saturated heterocycles. The first kappa shape index (κ1) is 20.0. The lowest BCUT2D eigenvalue weighted by Crippen LogP contribution is -2.28. The molecule has 0 spiro atoms. The number of ether oxygens (including phenoxy) is 3. The van der Waals surface area contributed by atoms with Gasteiger partial charge in [-0.15, -0.1) is 5.10 Å². The molecule has 30 heavy (non-hydrogen) atoms. The Bertz CT molecular complexity index is 1020. The molecule has 4 rings (SSSR count). The van der Waals surface area contributed by atoms with Gasteiger partial charge >= 0.3 is 0 Å². The quantitative estimate of drug-likeness (QED) is 0.547. The van der Waals surface area contributed by atoms with Crippen LogP contribution in [0.15, 0.2) is 47.6 Å². The van der Waals surface area contributed by atoms with Crippen LogP contribution in [0, 0.1) is 0 Å². The van der Waals surface area contributed by atoms with E-state index in [1.165, 1.54) is 11.8 Å². The second-order valence-electron chi connectivity index (χ2n) is 6.66.